The van der Waals surface area contributed by atoms with Crippen LogP contribution in [0.5, 0.6) is 0 Å². The number of hydrogen-bond acceptors (Lipinski definition) is 12. The van der Waals surface area contributed by atoms with E-state index in [2.05, 4.69) is 31.3 Å². The Morgan fingerprint density at radius 1 is 0.985 bits per heavy atom. The first kappa shape index (κ1) is 46.2. The lowest BCUT2D eigenvalue weighted by Crippen LogP contribution is -2.52. The predicted octanol–water partition coefficient (Wildman–Crippen LogP) is 6.52. The summed E-state index contributed by atoms with van der Waals surface area (Å²) in [4.78, 5) is 77.4. The first-order valence-electron chi connectivity index (χ1n) is 23.1. The Kier molecular flexibility index (Phi) is 15.4. The number of hydrogen-bond donors (Lipinski definition) is 4. The molecule has 5 heterocycles. The Morgan fingerprint density at radius 2 is 1.77 bits per heavy atom. The number of nitrogens with zero attached hydrogens (tertiary/aromatic N) is 6. The van der Waals surface area contributed by atoms with Crippen LogP contribution in [0, 0.1) is 5.92 Å². The number of rotatable bonds is 21. The van der Waals surface area contributed by atoms with Gasteiger partial charge in [-0.2, -0.15) is 5.10 Å². The molecule has 65 heavy (non-hydrogen) atoms. The van der Waals surface area contributed by atoms with Gasteiger partial charge in [0.15, 0.2) is 0 Å². The van der Waals surface area contributed by atoms with Crippen molar-refractivity contribution >= 4 is 58.6 Å². The summed E-state index contributed by atoms with van der Waals surface area (Å²) in [7, 11) is 1.97. The van der Waals surface area contributed by atoms with Crippen LogP contribution in [0.25, 0.3) is 11.3 Å². The summed E-state index contributed by atoms with van der Waals surface area (Å²) in [5.74, 6) is 0.185. The fourth-order valence-corrected chi connectivity index (χ4v) is 10.3. The number of nitrogens with one attached hydrogen (secondary N) is 4. The van der Waals surface area contributed by atoms with Crippen LogP contribution in [0.2, 0.25) is 5.02 Å². The van der Waals surface area contributed by atoms with Crippen molar-refractivity contribution in [2.45, 2.75) is 128 Å². The Bertz CT molecular complexity index is 2330. The van der Waals surface area contributed by atoms with E-state index in [4.69, 9.17) is 21.3 Å². The summed E-state index contributed by atoms with van der Waals surface area (Å²) in [5.41, 5.74) is 4.61. The topological polar surface area (TPSA) is 193 Å². The number of thiophene rings is 1. The van der Waals surface area contributed by atoms with Crippen molar-refractivity contribution in [3.8, 4) is 11.3 Å². The molecule has 16 nitrogen and oxygen atoms in total. The SMILES string of the molecule is Cn1ncc(-c2nc(NC3CCC(N(CCCCCCCNCC(=O)NCc4cc5c(s4)C(=O)N(C4CCC(=O)NC4=O)C5)C(=O)OCc4ccccc4)CC3)ncc2Cl)c1CC1CC1. The maximum Gasteiger partial charge on any atom is 0.410 e. The largest absolute Gasteiger partial charge is 0.445 e. The number of unbranched alkanes of at least 4 members (excludes halogenated alkanes) is 4. The van der Waals surface area contributed by atoms with Crippen LogP contribution in [0.4, 0.5) is 10.7 Å². The highest BCUT2D eigenvalue weighted by atomic mass is 35.5. The molecular weight excluding hydrogens is 868 g/mol. The van der Waals surface area contributed by atoms with E-state index in [0.717, 1.165) is 91.5 Å². The van der Waals surface area contributed by atoms with Crippen molar-refractivity contribution in [3.63, 3.8) is 0 Å². The highest BCUT2D eigenvalue weighted by Crippen LogP contribution is 2.38. The first-order valence-corrected chi connectivity index (χ1v) is 24.3. The average molecular weight is 928 g/mol. The van der Waals surface area contributed by atoms with Crippen LogP contribution < -0.4 is 21.3 Å². The van der Waals surface area contributed by atoms with Gasteiger partial charge in [-0.05, 0) is 93.9 Å². The summed E-state index contributed by atoms with van der Waals surface area (Å²) >= 11 is 7.97. The number of aryl methyl sites for hydroxylation is 1. The van der Waals surface area contributed by atoms with E-state index in [9.17, 15) is 24.0 Å². The van der Waals surface area contributed by atoms with Gasteiger partial charge in [-0.25, -0.2) is 14.8 Å². The molecule has 2 aliphatic carbocycles. The lowest BCUT2D eigenvalue weighted by Gasteiger charge is -2.36. The van der Waals surface area contributed by atoms with Crippen molar-refractivity contribution in [2.24, 2.45) is 13.0 Å². The van der Waals surface area contributed by atoms with Crippen molar-refractivity contribution < 1.29 is 28.7 Å². The molecule has 1 atom stereocenters. The molecular formula is C47H59ClN10O6S. The number of benzene rings is 1. The molecule has 346 valence electrons. The van der Waals surface area contributed by atoms with Crippen LogP contribution in [-0.4, -0.2) is 97.0 Å². The van der Waals surface area contributed by atoms with E-state index in [1.807, 2.05) is 59.2 Å². The van der Waals surface area contributed by atoms with Crippen molar-refractivity contribution in [3.05, 3.63) is 80.4 Å². The molecule has 1 unspecified atom stereocenters. The Hall–Kier alpha value is -5.39. The Labute approximate surface area is 388 Å². The van der Waals surface area contributed by atoms with Gasteiger partial charge in [-0.1, -0.05) is 61.2 Å². The lowest BCUT2D eigenvalue weighted by molar-refractivity contribution is -0.137. The predicted molar refractivity (Wildman–Crippen MR) is 247 cm³/mol. The Balaban J connectivity index is 0.735. The summed E-state index contributed by atoms with van der Waals surface area (Å²) in [6.45, 7) is 2.43. The van der Waals surface area contributed by atoms with Gasteiger partial charge < -0.3 is 30.5 Å². The number of anilines is 1. The molecule has 0 spiro atoms. The highest BCUT2D eigenvalue weighted by molar-refractivity contribution is 7.14. The van der Waals surface area contributed by atoms with Gasteiger partial charge in [0.1, 0.15) is 12.6 Å². The van der Waals surface area contributed by atoms with Crippen LogP contribution in [-0.2, 0) is 52.3 Å². The second-order valence-corrected chi connectivity index (χ2v) is 19.3. The minimum absolute atomic E-state index is 0.0762. The standard InChI is InChI=1S/C47H59ClN10O6S/c1-56-39(22-30-12-13-30)36(25-52-56)42-37(48)26-51-46(55-42)53-33-14-16-34(17-15-33)57(47(63)64-29-31-10-6-5-7-11-31)21-9-4-2-3-8-20-49-27-41(60)50-24-35-23-32-28-58(45(62)43(32)65-35)38-18-19-40(59)54-44(38)61/h5-7,10-11,23,25-26,30,33-34,38,49H,2-4,8-9,12-22,24,27-29H2,1H3,(H,50,60)(H,51,53,55)(H,54,59,61). The van der Waals surface area contributed by atoms with Gasteiger partial charge >= 0.3 is 6.09 Å². The average Bonchev–Trinajstić information content (AvgIpc) is 3.82. The number of halogens is 1. The number of ether oxygens (including phenoxy) is 1. The van der Waals surface area contributed by atoms with E-state index in [1.54, 1.807) is 6.20 Å². The molecule has 5 amide bonds. The number of imide groups is 1. The zero-order valence-electron chi connectivity index (χ0n) is 37.0. The van der Waals surface area contributed by atoms with E-state index in [1.165, 1.54) is 29.1 Å². The number of carbonyl (C=O) groups excluding carboxylic acids is 5. The van der Waals surface area contributed by atoms with Crippen molar-refractivity contribution in [1.29, 1.82) is 0 Å². The first-order chi connectivity index (χ1) is 31.6. The summed E-state index contributed by atoms with van der Waals surface area (Å²) in [5, 5.41) is 17.1. The van der Waals surface area contributed by atoms with Gasteiger partial charge in [0, 0.05) is 54.8 Å². The Morgan fingerprint density at radius 3 is 2.54 bits per heavy atom. The second-order valence-electron chi connectivity index (χ2n) is 17.7. The minimum Gasteiger partial charge on any atom is -0.445 e. The summed E-state index contributed by atoms with van der Waals surface area (Å²) < 4.78 is 7.79. The van der Waals surface area contributed by atoms with Crippen molar-refractivity contribution in [2.75, 3.05) is 25.0 Å². The van der Waals surface area contributed by atoms with Gasteiger partial charge in [-0.3, -0.25) is 29.2 Å². The molecule has 18 heteroatoms. The molecule has 4 aliphatic rings. The number of fused-ring (bicyclic) bond motifs is 1. The minimum atomic E-state index is -0.636. The van der Waals surface area contributed by atoms with E-state index in [0.29, 0.717) is 60.1 Å². The maximum atomic E-state index is 13.6. The monoisotopic (exact) mass is 926 g/mol. The molecule has 0 radical (unpaired) electrons. The second kappa shape index (κ2) is 21.7. The normalized spacial score (nSPS) is 19.5. The number of aromatic nitrogens is 4. The molecule has 8 rings (SSSR count). The van der Waals surface area contributed by atoms with Gasteiger partial charge in [0.05, 0.1) is 41.1 Å². The highest BCUT2D eigenvalue weighted by Gasteiger charge is 2.40. The zero-order chi connectivity index (χ0) is 45.3. The summed E-state index contributed by atoms with van der Waals surface area (Å²) in [6, 6.07) is 11.3. The van der Waals surface area contributed by atoms with Crippen LogP contribution in [0.3, 0.4) is 0 Å². The third-order valence-electron chi connectivity index (χ3n) is 12.9. The molecule has 1 aromatic carbocycles. The van der Waals surface area contributed by atoms with Gasteiger partial charge in [0.25, 0.3) is 5.91 Å². The molecule has 2 aliphatic heterocycles. The fourth-order valence-electron chi connectivity index (χ4n) is 9.06. The van der Waals surface area contributed by atoms with E-state index >= 15 is 0 Å². The zero-order valence-corrected chi connectivity index (χ0v) is 38.6. The summed E-state index contributed by atoms with van der Waals surface area (Å²) in [6.07, 6.45) is 15.5. The lowest BCUT2D eigenvalue weighted by atomic mass is 9.90. The smallest absolute Gasteiger partial charge is 0.410 e. The molecule has 4 N–H and O–H groups in total. The van der Waals surface area contributed by atoms with Crippen molar-refractivity contribution in [1.82, 2.24) is 45.5 Å². The quantitative estimate of drug-likeness (QED) is 0.0525. The molecule has 4 aromatic rings. The third kappa shape index (κ3) is 12.1. The van der Waals surface area contributed by atoms with Crippen LogP contribution in [0.1, 0.15) is 115 Å². The fraction of sp³-hybridized carbons (Fsp3) is 0.532. The van der Waals surface area contributed by atoms with E-state index in [-0.39, 0.29) is 55.5 Å². The van der Waals surface area contributed by atoms with E-state index < -0.39 is 11.9 Å². The van der Waals surface area contributed by atoms with Crippen LogP contribution >= 0.6 is 22.9 Å². The molecule has 3 aromatic heterocycles. The maximum absolute atomic E-state index is 13.6. The molecule has 0 bridgehead atoms. The number of piperidine rings is 1. The van der Waals surface area contributed by atoms with Gasteiger partial charge in [-0.15, -0.1) is 11.3 Å². The molecule has 3 fully saturated rings. The third-order valence-corrected chi connectivity index (χ3v) is 14.3. The number of carbonyl (C=O) groups is 5. The molecule has 1 saturated heterocycles. The van der Waals surface area contributed by atoms with Crippen LogP contribution in [0.15, 0.2) is 48.8 Å². The van der Waals surface area contributed by atoms with Gasteiger partial charge in [0.2, 0.25) is 23.7 Å². The molecule has 2 saturated carbocycles. The number of amides is 5.